The lowest BCUT2D eigenvalue weighted by molar-refractivity contribution is 0.0385. The molecular weight excluding hydrogens is 370 g/mol. The quantitative estimate of drug-likeness (QED) is 0.512. The Morgan fingerprint density at radius 3 is 2.75 bits per heavy atom. The second kappa shape index (κ2) is 8.31. The summed E-state index contributed by atoms with van der Waals surface area (Å²) in [6, 6.07) is 19.5. The van der Waals surface area contributed by atoms with Crippen molar-refractivity contribution in [2.75, 3.05) is 32.8 Å². The fourth-order valence-electron chi connectivity index (χ4n) is 3.99. The maximum Gasteiger partial charge on any atom is 0.0703 e. The maximum atomic E-state index is 5.46. The molecule has 1 fully saturated rings. The van der Waals surface area contributed by atoms with E-state index in [2.05, 4.69) is 69.2 Å². The van der Waals surface area contributed by atoms with Gasteiger partial charge in [-0.25, -0.2) is 0 Å². The summed E-state index contributed by atoms with van der Waals surface area (Å²) in [4.78, 5) is 6.92. The summed E-state index contributed by atoms with van der Waals surface area (Å²) in [5, 5.41) is 2.51. The molecule has 5 heteroatoms. The lowest BCUT2D eigenvalue weighted by Crippen LogP contribution is -2.37. The molecule has 1 aliphatic rings. The van der Waals surface area contributed by atoms with Gasteiger partial charge in [0.25, 0.3) is 0 Å². The molecule has 28 heavy (non-hydrogen) atoms. The Balaban J connectivity index is 0.00000192. The Bertz CT molecular complexity index is 1090. The lowest BCUT2D eigenvalue weighted by Gasteiger charge is -2.26. The smallest absolute Gasteiger partial charge is 0.0703 e. The monoisotopic (exact) mass is 393 g/mol. The van der Waals surface area contributed by atoms with E-state index in [4.69, 9.17) is 4.74 Å². The van der Waals surface area contributed by atoms with Crippen LogP contribution in [-0.4, -0.2) is 47.3 Å². The average Bonchev–Trinajstić information content (AvgIpc) is 3.17. The average molecular weight is 394 g/mol. The summed E-state index contributed by atoms with van der Waals surface area (Å²) in [7, 11) is 0. The van der Waals surface area contributed by atoms with E-state index in [-0.39, 0.29) is 12.4 Å². The van der Waals surface area contributed by atoms with Crippen LogP contribution in [0.1, 0.15) is 5.56 Å². The minimum atomic E-state index is 0. The number of hydrogen-bond donors (Lipinski definition) is 0. The predicted molar refractivity (Wildman–Crippen MR) is 117 cm³/mol. The number of nitrogens with zero attached hydrogens (tertiary/aromatic N) is 3. The van der Waals surface area contributed by atoms with E-state index in [1.54, 1.807) is 0 Å². The van der Waals surface area contributed by atoms with E-state index in [0.29, 0.717) is 0 Å². The van der Waals surface area contributed by atoms with Crippen molar-refractivity contribution >= 4 is 34.2 Å². The minimum Gasteiger partial charge on any atom is -0.379 e. The van der Waals surface area contributed by atoms with Crippen molar-refractivity contribution < 1.29 is 4.74 Å². The van der Waals surface area contributed by atoms with Crippen molar-refractivity contribution in [1.29, 1.82) is 0 Å². The van der Waals surface area contributed by atoms with Crippen LogP contribution in [0, 0.1) is 0 Å². The van der Waals surface area contributed by atoms with Crippen molar-refractivity contribution in [3.63, 3.8) is 0 Å². The number of aromatic nitrogens is 2. The molecule has 0 radical (unpaired) electrons. The van der Waals surface area contributed by atoms with Crippen LogP contribution in [0.5, 0.6) is 0 Å². The van der Waals surface area contributed by atoms with Gasteiger partial charge in [-0.2, -0.15) is 0 Å². The molecule has 0 N–H and O–H groups in total. The van der Waals surface area contributed by atoms with Crippen LogP contribution >= 0.6 is 12.4 Å². The Labute approximate surface area is 171 Å². The highest BCUT2D eigenvalue weighted by Crippen LogP contribution is 2.26. The van der Waals surface area contributed by atoms with Crippen LogP contribution in [0.15, 0.2) is 67.0 Å². The molecule has 0 aliphatic carbocycles. The molecule has 1 aliphatic heterocycles. The van der Waals surface area contributed by atoms with Crippen LogP contribution in [-0.2, 0) is 11.2 Å². The first-order chi connectivity index (χ1) is 13.4. The molecule has 0 spiro atoms. The second-order valence-electron chi connectivity index (χ2n) is 7.12. The standard InChI is InChI=1S/C23H23N3O.ClH/c1-3-18(8-11-25-13-15-27-16-14-25)21-9-12-26(23(21)5-1)20-6-7-22-19(17-20)4-2-10-24-22;/h1-7,9-10,12,17H,8,11,13-16H2;1H. The van der Waals surface area contributed by atoms with Gasteiger partial charge in [-0.15, -0.1) is 12.4 Å². The Morgan fingerprint density at radius 1 is 0.964 bits per heavy atom. The molecule has 0 unspecified atom stereocenters. The third-order valence-corrected chi connectivity index (χ3v) is 5.49. The number of ether oxygens (including phenoxy) is 1. The molecule has 4 aromatic rings. The first-order valence-electron chi connectivity index (χ1n) is 9.63. The van der Waals surface area contributed by atoms with Gasteiger partial charge in [0.1, 0.15) is 0 Å². The molecule has 1 saturated heterocycles. The molecule has 2 aromatic heterocycles. The van der Waals surface area contributed by atoms with E-state index in [1.807, 2.05) is 12.3 Å². The summed E-state index contributed by atoms with van der Waals surface area (Å²) >= 11 is 0. The number of halogens is 1. The van der Waals surface area contributed by atoms with Gasteiger partial charge >= 0.3 is 0 Å². The number of rotatable bonds is 4. The van der Waals surface area contributed by atoms with Crippen molar-refractivity contribution in [2.45, 2.75) is 6.42 Å². The van der Waals surface area contributed by atoms with Crippen molar-refractivity contribution in [2.24, 2.45) is 0 Å². The highest BCUT2D eigenvalue weighted by Gasteiger charge is 2.12. The molecule has 4 nitrogen and oxygen atoms in total. The zero-order chi connectivity index (χ0) is 18.1. The van der Waals surface area contributed by atoms with Crippen molar-refractivity contribution in [3.05, 3.63) is 72.6 Å². The van der Waals surface area contributed by atoms with Crippen molar-refractivity contribution in [3.8, 4) is 5.69 Å². The zero-order valence-electron chi connectivity index (χ0n) is 15.8. The van der Waals surface area contributed by atoms with Gasteiger partial charge in [0.15, 0.2) is 0 Å². The summed E-state index contributed by atoms with van der Waals surface area (Å²) in [5.74, 6) is 0. The van der Waals surface area contributed by atoms with Crippen LogP contribution in [0.2, 0.25) is 0 Å². The Morgan fingerprint density at radius 2 is 1.86 bits per heavy atom. The van der Waals surface area contributed by atoms with Crippen molar-refractivity contribution in [1.82, 2.24) is 14.5 Å². The highest BCUT2D eigenvalue weighted by atomic mass is 35.5. The summed E-state index contributed by atoms with van der Waals surface area (Å²) in [6.45, 7) is 4.90. The molecule has 5 rings (SSSR count). The minimum absolute atomic E-state index is 0. The predicted octanol–water partition coefficient (Wildman–Crippen LogP) is 4.48. The third-order valence-electron chi connectivity index (χ3n) is 5.49. The lowest BCUT2D eigenvalue weighted by atomic mass is 10.1. The van der Waals surface area contributed by atoms with Gasteiger partial charge in [0.2, 0.25) is 0 Å². The topological polar surface area (TPSA) is 30.3 Å². The summed E-state index contributed by atoms with van der Waals surface area (Å²) in [6.07, 6.45) is 5.09. The van der Waals surface area contributed by atoms with E-state index in [0.717, 1.165) is 44.8 Å². The fourth-order valence-corrected chi connectivity index (χ4v) is 3.99. The number of hydrogen-bond acceptors (Lipinski definition) is 3. The molecule has 0 bridgehead atoms. The van der Waals surface area contributed by atoms with Gasteiger partial charge < -0.3 is 9.30 Å². The van der Waals surface area contributed by atoms with Gasteiger partial charge in [-0.3, -0.25) is 9.88 Å². The largest absolute Gasteiger partial charge is 0.379 e. The van der Waals surface area contributed by atoms with E-state index in [9.17, 15) is 0 Å². The van der Waals surface area contributed by atoms with E-state index >= 15 is 0 Å². The second-order valence-corrected chi connectivity index (χ2v) is 7.12. The molecular formula is C23H24ClN3O. The molecule has 2 aromatic carbocycles. The normalized spacial score (nSPS) is 15.0. The molecule has 0 atom stereocenters. The van der Waals surface area contributed by atoms with Crippen LogP contribution in [0.4, 0.5) is 0 Å². The van der Waals surface area contributed by atoms with E-state index in [1.165, 1.54) is 27.5 Å². The third kappa shape index (κ3) is 3.63. The molecule has 144 valence electrons. The first kappa shape index (κ1) is 18.9. The molecule has 3 heterocycles. The fraction of sp³-hybridized carbons (Fsp3) is 0.261. The first-order valence-corrected chi connectivity index (χ1v) is 9.63. The number of morpholine rings is 1. The van der Waals surface area contributed by atoms with Crippen LogP contribution in [0.3, 0.4) is 0 Å². The Kier molecular flexibility index (Phi) is 5.62. The van der Waals surface area contributed by atoms with Gasteiger partial charge in [0, 0.05) is 48.5 Å². The SMILES string of the molecule is Cl.c1cnc2ccc(-n3ccc4c(CCN5CCOCC5)cccc43)cc2c1. The van der Waals surface area contributed by atoms with Crippen LogP contribution in [0.25, 0.3) is 27.5 Å². The molecule has 0 saturated carbocycles. The van der Waals surface area contributed by atoms with E-state index < -0.39 is 0 Å². The number of fused-ring (bicyclic) bond motifs is 2. The van der Waals surface area contributed by atoms with Gasteiger partial charge in [0.05, 0.1) is 24.2 Å². The summed E-state index contributed by atoms with van der Waals surface area (Å²) in [5.41, 5.74) is 4.89. The van der Waals surface area contributed by atoms with Crippen LogP contribution < -0.4 is 0 Å². The Hall–Kier alpha value is -2.40. The number of pyridine rings is 1. The highest BCUT2D eigenvalue weighted by molar-refractivity contribution is 5.87. The summed E-state index contributed by atoms with van der Waals surface area (Å²) < 4.78 is 7.73. The molecule has 0 amide bonds. The zero-order valence-corrected chi connectivity index (χ0v) is 16.6. The van der Waals surface area contributed by atoms with Gasteiger partial charge in [-0.1, -0.05) is 18.2 Å². The van der Waals surface area contributed by atoms with Gasteiger partial charge in [-0.05, 0) is 48.4 Å². The maximum absolute atomic E-state index is 5.46. The number of benzene rings is 2.